The molecule has 0 unspecified atom stereocenters. The summed E-state index contributed by atoms with van der Waals surface area (Å²) in [5.74, 6) is -1.74. The van der Waals surface area contributed by atoms with Crippen LogP contribution in [-0.4, -0.2) is 22.0 Å². The molecule has 2 aromatic carbocycles. The first-order chi connectivity index (χ1) is 15.4. The Bertz CT molecular complexity index is 1290. The molecule has 1 N–H and O–H groups in total. The van der Waals surface area contributed by atoms with Crippen molar-refractivity contribution in [3.8, 4) is 17.0 Å². The molecule has 0 saturated heterocycles. The molecule has 3 aromatic rings. The lowest BCUT2D eigenvalue weighted by Crippen LogP contribution is -2.23. The van der Waals surface area contributed by atoms with Crippen molar-refractivity contribution < 1.29 is 27.8 Å². The van der Waals surface area contributed by atoms with Crippen LogP contribution in [0.25, 0.3) is 11.3 Å². The molecular formula is C23H18Cl2F3NO4. The third-order valence-corrected chi connectivity index (χ3v) is 5.78. The van der Waals surface area contributed by atoms with E-state index in [9.17, 15) is 27.9 Å². The van der Waals surface area contributed by atoms with Gasteiger partial charge in [-0.25, -0.2) is 4.79 Å². The zero-order chi connectivity index (χ0) is 24.5. The van der Waals surface area contributed by atoms with Crippen LogP contribution in [0.4, 0.5) is 13.2 Å². The fraction of sp³-hybridized carbons (Fsp3) is 0.217. The monoisotopic (exact) mass is 499 g/mol. The van der Waals surface area contributed by atoms with Crippen molar-refractivity contribution in [2.75, 3.05) is 0 Å². The number of ether oxygens (including phenoxy) is 1. The third-order valence-electron chi connectivity index (χ3n) is 5.04. The molecule has 0 aliphatic carbocycles. The van der Waals surface area contributed by atoms with Gasteiger partial charge in [-0.3, -0.25) is 4.79 Å². The molecule has 5 nitrogen and oxygen atoms in total. The largest absolute Gasteiger partial charge is 0.573 e. The zero-order valence-corrected chi connectivity index (χ0v) is 19.0. The molecule has 0 spiro atoms. The lowest BCUT2D eigenvalue weighted by Gasteiger charge is -2.21. The molecule has 0 bridgehead atoms. The second-order valence-electron chi connectivity index (χ2n) is 7.21. The van der Waals surface area contributed by atoms with Crippen molar-refractivity contribution in [1.29, 1.82) is 0 Å². The van der Waals surface area contributed by atoms with Gasteiger partial charge in [-0.15, -0.1) is 13.2 Å². The van der Waals surface area contributed by atoms with Gasteiger partial charge in [0.25, 0.3) is 0 Å². The summed E-state index contributed by atoms with van der Waals surface area (Å²) in [6, 6.07) is 9.71. The standard InChI is InChI=1S/C23H18Cl2F3NO4/c1-3-29-15(9-13-4-6-16(8-12(13)2)33-23(26,27)28)11-19(30)20(22(31)32)21(29)14-5-7-17(24)18(25)10-14/h4-8,10-11H,3,9H2,1-2H3,(H,31,32). The summed E-state index contributed by atoms with van der Waals surface area (Å²) < 4.78 is 43.1. The van der Waals surface area contributed by atoms with Crippen molar-refractivity contribution in [1.82, 2.24) is 4.57 Å². The van der Waals surface area contributed by atoms with Crippen LogP contribution in [0.15, 0.2) is 47.3 Å². The minimum atomic E-state index is -4.81. The number of carboxylic acid groups (broad SMARTS) is 1. The molecule has 10 heteroatoms. The summed E-state index contributed by atoms with van der Waals surface area (Å²) >= 11 is 12.1. The topological polar surface area (TPSA) is 68.5 Å². The number of halogens is 5. The first-order valence-corrected chi connectivity index (χ1v) is 10.5. The average Bonchev–Trinajstić information content (AvgIpc) is 2.70. The van der Waals surface area contributed by atoms with E-state index in [4.69, 9.17) is 23.2 Å². The molecule has 0 radical (unpaired) electrons. The zero-order valence-electron chi connectivity index (χ0n) is 17.5. The van der Waals surface area contributed by atoms with Gasteiger partial charge in [-0.1, -0.05) is 35.3 Å². The lowest BCUT2D eigenvalue weighted by molar-refractivity contribution is -0.274. The van der Waals surface area contributed by atoms with Crippen LogP contribution in [0.2, 0.25) is 10.0 Å². The van der Waals surface area contributed by atoms with Crippen molar-refractivity contribution in [2.24, 2.45) is 0 Å². The lowest BCUT2D eigenvalue weighted by atomic mass is 9.99. The van der Waals surface area contributed by atoms with Crippen molar-refractivity contribution in [2.45, 2.75) is 33.2 Å². The number of hydrogen-bond donors (Lipinski definition) is 1. The highest BCUT2D eigenvalue weighted by atomic mass is 35.5. The summed E-state index contributed by atoms with van der Waals surface area (Å²) in [5, 5.41) is 10.2. The number of aromatic carboxylic acids is 1. The summed E-state index contributed by atoms with van der Waals surface area (Å²) in [4.78, 5) is 24.7. The van der Waals surface area contributed by atoms with Crippen LogP contribution in [-0.2, 0) is 13.0 Å². The predicted molar refractivity (Wildman–Crippen MR) is 119 cm³/mol. The van der Waals surface area contributed by atoms with Gasteiger partial charge in [0.15, 0.2) is 5.43 Å². The number of pyridine rings is 1. The molecular weight excluding hydrogens is 482 g/mol. The Hall–Kier alpha value is -2.97. The summed E-state index contributed by atoms with van der Waals surface area (Å²) in [5.41, 5.74) is 1.11. The quantitative estimate of drug-likeness (QED) is 0.429. The SMILES string of the molecule is CCn1c(Cc2ccc(OC(F)(F)F)cc2C)cc(=O)c(C(=O)O)c1-c1ccc(Cl)c(Cl)c1. The number of alkyl halides is 3. The molecule has 1 heterocycles. The molecule has 3 rings (SSSR count). The van der Waals surface area contributed by atoms with E-state index in [1.54, 1.807) is 24.5 Å². The Morgan fingerprint density at radius 3 is 2.33 bits per heavy atom. The molecule has 174 valence electrons. The van der Waals surface area contributed by atoms with Crippen LogP contribution in [0.3, 0.4) is 0 Å². The highest BCUT2D eigenvalue weighted by Gasteiger charge is 2.31. The number of hydrogen-bond acceptors (Lipinski definition) is 3. The minimum absolute atomic E-state index is 0.167. The molecule has 33 heavy (non-hydrogen) atoms. The Balaban J connectivity index is 2.16. The van der Waals surface area contributed by atoms with E-state index in [-0.39, 0.29) is 27.9 Å². The Morgan fingerprint density at radius 1 is 1.09 bits per heavy atom. The van der Waals surface area contributed by atoms with Gasteiger partial charge in [-0.05, 0) is 49.2 Å². The number of rotatable bonds is 6. The summed E-state index contributed by atoms with van der Waals surface area (Å²) in [7, 11) is 0. The molecule has 0 aliphatic heterocycles. The number of carboxylic acids is 1. The van der Waals surface area contributed by atoms with Crippen LogP contribution >= 0.6 is 23.2 Å². The molecule has 0 aliphatic rings. The normalized spacial score (nSPS) is 11.5. The van der Waals surface area contributed by atoms with Crippen molar-refractivity contribution >= 4 is 29.2 Å². The van der Waals surface area contributed by atoms with E-state index >= 15 is 0 Å². The van der Waals surface area contributed by atoms with Gasteiger partial charge in [0.05, 0.1) is 15.7 Å². The van der Waals surface area contributed by atoms with E-state index in [1.807, 2.05) is 0 Å². The first kappa shape index (κ1) is 24.7. The second-order valence-corrected chi connectivity index (χ2v) is 8.03. The Labute approximate surface area is 196 Å². The molecule has 0 atom stereocenters. The first-order valence-electron chi connectivity index (χ1n) is 9.72. The maximum atomic E-state index is 12.8. The fourth-order valence-corrected chi connectivity index (χ4v) is 3.91. The van der Waals surface area contributed by atoms with E-state index in [0.29, 0.717) is 28.9 Å². The predicted octanol–water partition coefficient (Wildman–Crippen LogP) is 6.34. The maximum Gasteiger partial charge on any atom is 0.573 e. The van der Waals surface area contributed by atoms with Crippen LogP contribution < -0.4 is 10.2 Å². The number of aryl methyl sites for hydroxylation is 1. The highest BCUT2D eigenvalue weighted by Crippen LogP contribution is 2.31. The van der Waals surface area contributed by atoms with E-state index < -0.39 is 23.3 Å². The molecule has 0 fully saturated rings. The van der Waals surface area contributed by atoms with E-state index in [0.717, 1.165) is 0 Å². The Morgan fingerprint density at radius 2 is 1.79 bits per heavy atom. The number of benzene rings is 2. The molecule has 1 aromatic heterocycles. The van der Waals surface area contributed by atoms with Gasteiger partial charge in [0.2, 0.25) is 0 Å². The van der Waals surface area contributed by atoms with E-state index in [1.165, 1.54) is 36.4 Å². The van der Waals surface area contributed by atoms with Gasteiger partial charge in [-0.2, -0.15) is 0 Å². The molecule has 0 amide bonds. The highest BCUT2D eigenvalue weighted by molar-refractivity contribution is 6.42. The number of nitrogens with zero attached hydrogens (tertiary/aromatic N) is 1. The van der Waals surface area contributed by atoms with Crippen LogP contribution in [0, 0.1) is 6.92 Å². The van der Waals surface area contributed by atoms with Gasteiger partial charge >= 0.3 is 12.3 Å². The third kappa shape index (κ3) is 5.51. The van der Waals surface area contributed by atoms with E-state index in [2.05, 4.69) is 4.74 Å². The molecule has 0 saturated carbocycles. The van der Waals surface area contributed by atoms with Crippen LogP contribution in [0.1, 0.15) is 34.1 Å². The fourth-order valence-electron chi connectivity index (χ4n) is 3.61. The Kier molecular flexibility index (Phi) is 7.09. The van der Waals surface area contributed by atoms with Gasteiger partial charge in [0.1, 0.15) is 11.3 Å². The minimum Gasteiger partial charge on any atom is -0.477 e. The van der Waals surface area contributed by atoms with Crippen molar-refractivity contribution in [3.63, 3.8) is 0 Å². The summed E-state index contributed by atoms with van der Waals surface area (Å²) in [6.45, 7) is 3.73. The smallest absolute Gasteiger partial charge is 0.477 e. The summed E-state index contributed by atoms with van der Waals surface area (Å²) in [6.07, 6.45) is -4.63. The average molecular weight is 500 g/mol. The van der Waals surface area contributed by atoms with Crippen molar-refractivity contribution in [3.05, 3.63) is 85.1 Å². The van der Waals surface area contributed by atoms with Gasteiger partial charge < -0.3 is 14.4 Å². The second kappa shape index (κ2) is 9.49. The number of aromatic nitrogens is 1. The maximum absolute atomic E-state index is 12.8. The number of carbonyl (C=O) groups is 1. The van der Waals surface area contributed by atoms with Gasteiger partial charge in [0, 0.05) is 30.3 Å². The van der Waals surface area contributed by atoms with Crippen LogP contribution in [0.5, 0.6) is 5.75 Å².